The maximum Gasteiger partial charge on any atom is 0.258 e. The minimum atomic E-state index is -1.46. The molecule has 1 aliphatic rings. The number of nitrogens with one attached hydrogen (secondary N) is 1. The van der Waals surface area contributed by atoms with E-state index in [2.05, 4.69) is 9.97 Å². The standard InChI is InChI=1S/C22H20N4O2S/c1-13-18(19-16(24-13)7-4-9-23-19)20-25-17(12-29-20)14-5-3-6-15(11-14)22(28)8-10-26(2)21(22)27/h3-7,9,11-12,24,28H,8,10H2,1-2H3/t22-/m1/s1. The molecule has 1 aliphatic heterocycles. The second kappa shape index (κ2) is 6.50. The number of aromatic amines is 1. The van der Waals surface area contributed by atoms with Gasteiger partial charge in [-0.25, -0.2) is 4.98 Å². The Balaban J connectivity index is 1.55. The second-order valence-corrected chi connectivity index (χ2v) is 8.34. The molecule has 0 bridgehead atoms. The number of likely N-dealkylation sites (N-methyl/N-ethyl adjacent to an activating group) is 1. The molecule has 4 aromatic rings. The van der Waals surface area contributed by atoms with Crippen LogP contribution in [0.1, 0.15) is 17.7 Å². The van der Waals surface area contributed by atoms with Crippen LogP contribution in [0, 0.1) is 6.92 Å². The lowest BCUT2D eigenvalue weighted by atomic mass is 9.90. The third kappa shape index (κ3) is 2.77. The van der Waals surface area contributed by atoms with E-state index in [0.29, 0.717) is 18.5 Å². The fraction of sp³-hybridized carbons (Fsp3) is 0.227. The average molecular weight is 404 g/mol. The van der Waals surface area contributed by atoms with E-state index in [9.17, 15) is 9.90 Å². The molecule has 4 heterocycles. The monoisotopic (exact) mass is 404 g/mol. The number of H-pyrrole nitrogens is 1. The normalized spacial score (nSPS) is 19.4. The minimum absolute atomic E-state index is 0.255. The summed E-state index contributed by atoms with van der Waals surface area (Å²) in [5.41, 5.74) is 4.80. The number of hydrogen-bond acceptors (Lipinski definition) is 5. The SMILES string of the molecule is Cc1[nH]c2cccnc2c1-c1nc(-c2cccc([C@]3(O)CCN(C)C3=O)c2)cs1. The maximum atomic E-state index is 12.4. The maximum absolute atomic E-state index is 12.4. The van der Waals surface area contributed by atoms with Crippen molar-refractivity contribution in [3.63, 3.8) is 0 Å². The van der Waals surface area contributed by atoms with Crippen molar-refractivity contribution in [2.45, 2.75) is 18.9 Å². The number of pyridine rings is 1. The highest BCUT2D eigenvalue weighted by molar-refractivity contribution is 7.13. The van der Waals surface area contributed by atoms with Crippen LogP contribution in [0.25, 0.3) is 32.9 Å². The van der Waals surface area contributed by atoms with Gasteiger partial charge in [0.25, 0.3) is 5.91 Å². The largest absolute Gasteiger partial charge is 0.375 e. The molecule has 0 aliphatic carbocycles. The van der Waals surface area contributed by atoms with Gasteiger partial charge in [0.15, 0.2) is 5.60 Å². The van der Waals surface area contributed by atoms with Crippen molar-refractivity contribution in [3.05, 3.63) is 59.2 Å². The van der Waals surface area contributed by atoms with Gasteiger partial charge in [-0.1, -0.05) is 18.2 Å². The molecule has 1 aromatic carbocycles. The number of rotatable bonds is 3. The van der Waals surface area contributed by atoms with E-state index in [0.717, 1.165) is 38.6 Å². The molecule has 1 amide bonds. The minimum Gasteiger partial charge on any atom is -0.375 e. The van der Waals surface area contributed by atoms with Crippen molar-refractivity contribution in [1.29, 1.82) is 0 Å². The molecule has 5 rings (SSSR count). The number of aliphatic hydroxyl groups is 1. The molecular formula is C22H20N4O2S. The first-order chi connectivity index (χ1) is 14.0. The van der Waals surface area contributed by atoms with Gasteiger partial charge in [-0.05, 0) is 30.7 Å². The molecule has 6 nitrogen and oxygen atoms in total. The summed E-state index contributed by atoms with van der Waals surface area (Å²) < 4.78 is 0. The smallest absolute Gasteiger partial charge is 0.258 e. The zero-order chi connectivity index (χ0) is 20.2. The molecule has 0 radical (unpaired) electrons. The molecule has 29 heavy (non-hydrogen) atoms. The molecule has 2 N–H and O–H groups in total. The summed E-state index contributed by atoms with van der Waals surface area (Å²) in [5.74, 6) is -0.255. The van der Waals surface area contributed by atoms with Gasteiger partial charge < -0.3 is 15.0 Å². The van der Waals surface area contributed by atoms with Crippen LogP contribution in [0.15, 0.2) is 48.0 Å². The van der Waals surface area contributed by atoms with Crippen molar-refractivity contribution in [3.8, 4) is 21.8 Å². The van der Waals surface area contributed by atoms with E-state index in [4.69, 9.17) is 4.98 Å². The topological polar surface area (TPSA) is 82.1 Å². The van der Waals surface area contributed by atoms with Crippen LogP contribution in [0.3, 0.4) is 0 Å². The van der Waals surface area contributed by atoms with Gasteiger partial charge >= 0.3 is 0 Å². The fourth-order valence-electron chi connectivity index (χ4n) is 3.99. The fourth-order valence-corrected chi connectivity index (χ4v) is 4.92. The lowest BCUT2D eigenvalue weighted by molar-refractivity contribution is -0.143. The van der Waals surface area contributed by atoms with Crippen molar-refractivity contribution < 1.29 is 9.90 Å². The number of thiazole rings is 1. The first-order valence-corrected chi connectivity index (χ1v) is 10.3. The third-order valence-corrected chi connectivity index (χ3v) is 6.46. The van der Waals surface area contributed by atoms with Crippen molar-refractivity contribution in [2.24, 2.45) is 0 Å². The Morgan fingerprint density at radius 3 is 2.93 bits per heavy atom. The van der Waals surface area contributed by atoms with Crippen molar-refractivity contribution in [1.82, 2.24) is 19.9 Å². The second-order valence-electron chi connectivity index (χ2n) is 7.48. The average Bonchev–Trinajstić information content (AvgIpc) is 3.41. The predicted molar refractivity (Wildman–Crippen MR) is 114 cm³/mol. The summed E-state index contributed by atoms with van der Waals surface area (Å²) in [6.07, 6.45) is 2.18. The van der Waals surface area contributed by atoms with Crippen LogP contribution in [0.2, 0.25) is 0 Å². The van der Waals surface area contributed by atoms with Crippen LogP contribution < -0.4 is 0 Å². The number of likely N-dealkylation sites (tertiary alicyclic amines) is 1. The number of carbonyl (C=O) groups excluding carboxylic acids is 1. The zero-order valence-corrected chi connectivity index (χ0v) is 17.0. The predicted octanol–water partition coefficient (Wildman–Crippen LogP) is 3.71. The number of fused-ring (bicyclic) bond motifs is 1. The first-order valence-electron chi connectivity index (χ1n) is 9.45. The van der Waals surface area contributed by atoms with Crippen LogP contribution in [0.4, 0.5) is 0 Å². The Hall–Kier alpha value is -3.03. The molecule has 146 valence electrons. The Kier molecular flexibility index (Phi) is 4.04. The molecule has 0 unspecified atom stereocenters. The highest BCUT2D eigenvalue weighted by atomic mass is 32.1. The lowest BCUT2D eigenvalue weighted by Gasteiger charge is -2.21. The summed E-state index contributed by atoms with van der Waals surface area (Å²) in [6.45, 7) is 2.57. The molecule has 7 heteroatoms. The number of aromatic nitrogens is 3. The van der Waals surface area contributed by atoms with E-state index >= 15 is 0 Å². The number of hydrogen-bond donors (Lipinski definition) is 2. The third-order valence-electron chi connectivity index (χ3n) is 5.61. The van der Waals surface area contributed by atoms with Gasteiger partial charge in [0.2, 0.25) is 0 Å². The number of carbonyl (C=O) groups is 1. The number of nitrogens with zero attached hydrogens (tertiary/aromatic N) is 3. The molecule has 1 fully saturated rings. The Labute approximate surface area is 171 Å². The van der Waals surface area contributed by atoms with Crippen molar-refractivity contribution in [2.75, 3.05) is 13.6 Å². The quantitative estimate of drug-likeness (QED) is 0.545. The van der Waals surface area contributed by atoms with Gasteiger partial charge in [-0.15, -0.1) is 11.3 Å². The van der Waals surface area contributed by atoms with Gasteiger partial charge in [-0.2, -0.15) is 0 Å². The van der Waals surface area contributed by atoms with Gasteiger partial charge in [-0.3, -0.25) is 9.78 Å². The van der Waals surface area contributed by atoms with Gasteiger partial charge in [0.05, 0.1) is 22.3 Å². The van der Waals surface area contributed by atoms with Gasteiger partial charge in [0, 0.05) is 42.8 Å². The molecule has 0 saturated carbocycles. The highest BCUT2D eigenvalue weighted by Crippen LogP contribution is 2.37. The summed E-state index contributed by atoms with van der Waals surface area (Å²) in [7, 11) is 1.72. The summed E-state index contributed by atoms with van der Waals surface area (Å²) in [5, 5.41) is 13.9. The van der Waals surface area contributed by atoms with Gasteiger partial charge in [0.1, 0.15) is 5.01 Å². The molecule has 0 spiro atoms. The Bertz CT molecular complexity index is 1240. The van der Waals surface area contributed by atoms with E-state index in [1.54, 1.807) is 29.5 Å². The number of aryl methyl sites for hydroxylation is 1. The lowest BCUT2D eigenvalue weighted by Crippen LogP contribution is -2.36. The van der Waals surface area contributed by atoms with Crippen molar-refractivity contribution >= 4 is 28.3 Å². The molecular weight excluding hydrogens is 384 g/mol. The highest BCUT2D eigenvalue weighted by Gasteiger charge is 2.45. The Morgan fingerprint density at radius 1 is 1.28 bits per heavy atom. The van der Waals surface area contributed by atoms with Crippen LogP contribution in [-0.2, 0) is 10.4 Å². The molecule has 1 saturated heterocycles. The first kappa shape index (κ1) is 18.0. The van der Waals surface area contributed by atoms with Crippen LogP contribution >= 0.6 is 11.3 Å². The zero-order valence-electron chi connectivity index (χ0n) is 16.1. The summed E-state index contributed by atoms with van der Waals surface area (Å²) in [4.78, 5) is 26.7. The Morgan fingerprint density at radius 2 is 2.14 bits per heavy atom. The number of benzene rings is 1. The van der Waals surface area contributed by atoms with E-state index in [1.165, 1.54) is 0 Å². The summed E-state index contributed by atoms with van der Waals surface area (Å²) >= 11 is 1.56. The van der Waals surface area contributed by atoms with E-state index < -0.39 is 5.60 Å². The number of amides is 1. The summed E-state index contributed by atoms with van der Waals surface area (Å²) in [6, 6.07) is 11.4. The van der Waals surface area contributed by atoms with Crippen LogP contribution in [-0.4, -0.2) is 44.5 Å². The molecule has 1 atom stereocenters. The van der Waals surface area contributed by atoms with E-state index in [-0.39, 0.29) is 5.91 Å². The van der Waals surface area contributed by atoms with Crippen LogP contribution in [0.5, 0.6) is 0 Å². The molecule has 3 aromatic heterocycles. The van der Waals surface area contributed by atoms with E-state index in [1.807, 2.05) is 48.7 Å².